The number of carbonyl (C=O) groups excluding carboxylic acids is 1. The van der Waals surface area contributed by atoms with Crippen molar-refractivity contribution in [2.24, 2.45) is 11.5 Å². The van der Waals surface area contributed by atoms with E-state index in [-0.39, 0.29) is 17.8 Å². The third-order valence-electron chi connectivity index (χ3n) is 3.55. The standard InChI is InChI=1S/C16H27N5O2/c1-21(2)14(9-12-3-5-15(22)6-4-12)11-20-16(23)19-8-7-13(18)10-17/h3-6,10,14,22H,7-9,11,17-18H2,1-2H3,(H2,19,20,23)/b13-10-. The fraction of sp³-hybridized carbons (Fsp3) is 0.438. The van der Waals surface area contributed by atoms with Crippen molar-refractivity contribution in [3.63, 3.8) is 0 Å². The van der Waals surface area contributed by atoms with Crippen LogP contribution in [0.5, 0.6) is 5.75 Å². The molecule has 1 unspecified atom stereocenters. The number of nitrogens with one attached hydrogen (secondary N) is 2. The van der Waals surface area contributed by atoms with Crippen LogP contribution in [0.3, 0.4) is 0 Å². The van der Waals surface area contributed by atoms with Gasteiger partial charge in [0.1, 0.15) is 5.75 Å². The Morgan fingerprint density at radius 2 is 1.96 bits per heavy atom. The first-order chi connectivity index (χ1) is 10.9. The molecule has 0 radical (unpaired) electrons. The summed E-state index contributed by atoms with van der Waals surface area (Å²) in [5, 5.41) is 14.9. The van der Waals surface area contributed by atoms with Crippen LogP contribution in [0.4, 0.5) is 4.79 Å². The molecule has 1 aromatic carbocycles. The minimum atomic E-state index is -0.229. The van der Waals surface area contributed by atoms with E-state index in [2.05, 4.69) is 15.5 Å². The maximum Gasteiger partial charge on any atom is 0.314 e. The molecule has 7 heteroatoms. The summed E-state index contributed by atoms with van der Waals surface area (Å²) in [4.78, 5) is 13.8. The third-order valence-corrected chi connectivity index (χ3v) is 3.55. The molecule has 1 rings (SSSR count). The molecule has 0 fully saturated rings. The molecule has 23 heavy (non-hydrogen) atoms. The Morgan fingerprint density at radius 3 is 2.52 bits per heavy atom. The maximum atomic E-state index is 11.8. The molecule has 0 saturated carbocycles. The summed E-state index contributed by atoms with van der Waals surface area (Å²) in [6.07, 6.45) is 2.63. The van der Waals surface area contributed by atoms with Gasteiger partial charge in [0.25, 0.3) is 0 Å². The molecule has 0 bridgehead atoms. The van der Waals surface area contributed by atoms with Gasteiger partial charge in [-0.2, -0.15) is 0 Å². The van der Waals surface area contributed by atoms with Gasteiger partial charge in [-0.1, -0.05) is 12.1 Å². The van der Waals surface area contributed by atoms with Gasteiger partial charge < -0.3 is 32.1 Å². The molecule has 0 aliphatic carbocycles. The molecule has 1 aromatic rings. The minimum absolute atomic E-state index is 0.152. The van der Waals surface area contributed by atoms with Crippen LogP contribution < -0.4 is 22.1 Å². The Bertz CT molecular complexity index is 514. The maximum absolute atomic E-state index is 11.8. The highest BCUT2D eigenvalue weighted by atomic mass is 16.3. The van der Waals surface area contributed by atoms with Crippen molar-refractivity contribution < 1.29 is 9.90 Å². The molecule has 0 aliphatic heterocycles. The molecule has 0 aromatic heterocycles. The average Bonchev–Trinajstić information content (AvgIpc) is 2.52. The monoisotopic (exact) mass is 321 g/mol. The highest BCUT2D eigenvalue weighted by Gasteiger charge is 2.13. The van der Waals surface area contributed by atoms with Gasteiger partial charge in [-0.05, 0) is 38.2 Å². The lowest BCUT2D eigenvalue weighted by atomic mass is 10.1. The van der Waals surface area contributed by atoms with Gasteiger partial charge in [0, 0.05) is 37.4 Å². The molecule has 2 amide bonds. The minimum Gasteiger partial charge on any atom is -0.508 e. The van der Waals surface area contributed by atoms with Crippen molar-refractivity contribution in [1.29, 1.82) is 0 Å². The fourth-order valence-electron chi connectivity index (χ4n) is 2.02. The summed E-state index contributed by atoms with van der Waals surface area (Å²) in [6.45, 7) is 0.956. The van der Waals surface area contributed by atoms with Gasteiger partial charge in [-0.3, -0.25) is 0 Å². The van der Waals surface area contributed by atoms with Crippen LogP contribution in [-0.2, 0) is 6.42 Å². The molecule has 128 valence electrons. The number of benzene rings is 1. The van der Waals surface area contributed by atoms with E-state index in [1.54, 1.807) is 12.1 Å². The normalized spacial score (nSPS) is 12.9. The van der Waals surface area contributed by atoms with Crippen molar-refractivity contribution in [3.8, 4) is 5.75 Å². The predicted molar refractivity (Wildman–Crippen MR) is 91.8 cm³/mol. The smallest absolute Gasteiger partial charge is 0.314 e. The summed E-state index contributed by atoms with van der Waals surface area (Å²) >= 11 is 0. The number of urea groups is 1. The number of nitrogens with zero attached hydrogens (tertiary/aromatic N) is 1. The highest BCUT2D eigenvalue weighted by molar-refractivity contribution is 5.73. The van der Waals surface area contributed by atoms with Gasteiger partial charge >= 0.3 is 6.03 Å². The molecule has 0 saturated heterocycles. The zero-order valence-electron chi connectivity index (χ0n) is 13.7. The Morgan fingerprint density at radius 1 is 1.30 bits per heavy atom. The van der Waals surface area contributed by atoms with E-state index in [4.69, 9.17) is 11.5 Å². The quantitative estimate of drug-likeness (QED) is 0.472. The zero-order chi connectivity index (χ0) is 17.2. The van der Waals surface area contributed by atoms with Gasteiger partial charge in [0.2, 0.25) is 0 Å². The van der Waals surface area contributed by atoms with E-state index >= 15 is 0 Å². The van der Waals surface area contributed by atoms with E-state index < -0.39 is 0 Å². The van der Waals surface area contributed by atoms with Crippen molar-refractivity contribution in [2.45, 2.75) is 18.9 Å². The number of aromatic hydroxyl groups is 1. The number of phenols is 1. The highest BCUT2D eigenvalue weighted by Crippen LogP contribution is 2.12. The van der Waals surface area contributed by atoms with Crippen LogP contribution in [0, 0.1) is 0 Å². The molecule has 0 spiro atoms. The van der Waals surface area contributed by atoms with Crippen molar-refractivity contribution in [1.82, 2.24) is 15.5 Å². The summed E-state index contributed by atoms with van der Waals surface area (Å²) in [7, 11) is 3.94. The number of rotatable bonds is 8. The van der Waals surface area contributed by atoms with Crippen molar-refractivity contribution in [3.05, 3.63) is 41.7 Å². The predicted octanol–water partition coefficient (Wildman–Crippen LogP) is 0.313. The lowest BCUT2D eigenvalue weighted by Crippen LogP contribution is -2.45. The van der Waals surface area contributed by atoms with Gasteiger partial charge in [0.05, 0.1) is 0 Å². The topological polar surface area (TPSA) is 117 Å². The van der Waals surface area contributed by atoms with Crippen LogP contribution in [-0.4, -0.2) is 49.3 Å². The first kappa shape index (κ1) is 18.6. The first-order valence-electron chi connectivity index (χ1n) is 7.54. The number of likely N-dealkylation sites (N-methyl/N-ethyl adjacent to an activating group) is 1. The molecular formula is C16H27N5O2. The number of carbonyl (C=O) groups is 1. The molecule has 0 aliphatic rings. The molecule has 7 N–H and O–H groups in total. The number of hydrogen-bond acceptors (Lipinski definition) is 5. The first-order valence-corrected chi connectivity index (χ1v) is 7.54. The third kappa shape index (κ3) is 7.42. The Balaban J connectivity index is 2.41. The lowest BCUT2D eigenvalue weighted by molar-refractivity contribution is 0.232. The Kier molecular flexibility index (Phi) is 7.76. The van der Waals surface area contributed by atoms with E-state index in [1.807, 2.05) is 26.2 Å². The lowest BCUT2D eigenvalue weighted by Gasteiger charge is -2.25. The van der Waals surface area contributed by atoms with Crippen LogP contribution in [0.2, 0.25) is 0 Å². The van der Waals surface area contributed by atoms with Crippen molar-refractivity contribution >= 4 is 6.03 Å². The van der Waals surface area contributed by atoms with E-state index in [9.17, 15) is 9.90 Å². The summed E-state index contributed by atoms with van der Waals surface area (Å²) < 4.78 is 0. The van der Waals surface area contributed by atoms with Gasteiger partial charge in [-0.25, -0.2) is 4.79 Å². The van der Waals surface area contributed by atoms with Crippen molar-refractivity contribution in [2.75, 3.05) is 27.2 Å². The van der Waals surface area contributed by atoms with E-state index in [0.29, 0.717) is 25.2 Å². The Labute approximate surface area is 137 Å². The number of amides is 2. The van der Waals surface area contributed by atoms with Crippen LogP contribution >= 0.6 is 0 Å². The SMILES string of the molecule is CN(C)C(CNC(=O)NCC/C(N)=C/N)Cc1ccc(O)cc1. The zero-order valence-corrected chi connectivity index (χ0v) is 13.7. The number of hydrogen-bond donors (Lipinski definition) is 5. The molecular weight excluding hydrogens is 294 g/mol. The second kappa shape index (κ2) is 9.58. The summed E-state index contributed by atoms with van der Waals surface area (Å²) in [6, 6.07) is 7.02. The largest absolute Gasteiger partial charge is 0.508 e. The van der Waals surface area contributed by atoms with Crippen LogP contribution in [0.1, 0.15) is 12.0 Å². The number of nitrogens with two attached hydrogens (primary N) is 2. The number of phenolic OH excluding ortho intramolecular Hbond substituents is 1. The molecule has 7 nitrogen and oxygen atoms in total. The van der Waals surface area contributed by atoms with Crippen LogP contribution in [0.25, 0.3) is 0 Å². The molecule has 1 atom stereocenters. The molecule has 0 heterocycles. The summed E-state index contributed by atoms with van der Waals surface area (Å²) in [5.41, 5.74) is 12.5. The van der Waals surface area contributed by atoms with Gasteiger partial charge in [0.15, 0.2) is 0 Å². The van der Waals surface area contributed by atoms with E-state index in [1.165, 1.54) is 6.20 Å². The van der Waals surface area contributed by atoms with E-state index in [0.717, 1.165) is 12.0 Å². The van der Waals surface area contributed by atoms with Crippen LogP contribution in [0.15, 0.2) is 36.2 Å². The fourth-order valence-corrected chi connectivity index (χ4v) is 2.02. The summed E-state index contributed by atoms with van der Waals surface area (Å²) in [5.74, 6) is 0.249. The second-order valence-corrected chi connectivity index (χ2v) is 5.62. The average molecular weight is 321 g/mol. The second-order valence-electron chi connectivity index (χ2n) is 5.62. The van der Waals surface area contributed by atoms with Gasteiger partial charge in [-0.15, -0.1) is 0 Å². The Hall–Kier alpha value is -2.41.